The molecule has 0 N–H and O–H groups in total. The van der Waals surface area contributed by atoms with Gasteiger partial charge in [-0.2, -0.15) is 0 Å². The van der Waals surface area contributed by atoms with Crippen molar-refractivity contribution in [1.82, 2.24) is 0 Å². The molecule has 1 saturated carbocycles. The molecule has 2 atom stereocenters. The van der Waals surface area contributed by atoms with Crippen LogP contribution in [0.4, 0.5) is 0 Å². The topological polar surface area (TPSA) is 52.6 Å². The van der Waals surface area contributed by atoms with Crippen molar-refractivity contribution >= 4 is 11.9 Å². The third-order valence-electron chi connectivity index (χ3n) is 3.71. The Hall–Kier alpha value is -1.06. The monoisotopic (exact) mass is 298 g/mol. The van der Waals surface area contributed by atoms with Crippen LogP contribution in [0, 0.1) is 23.7 Å². The minimum Gasteiger partial charge on any atom is -0.465 e. The number of carbonyl (C=O) groups excluding carboxylic acids is 2. The molecule has 0 aromatic carbocycles. The summed E-state index contributed by atoms with van der Waals surface area (Å²) in [5.41, 5.74) is 0. The summed E-state index contributed by atoms with van der Waals surface area (Å²) >= 11 is 0. The van der Waals surface area contributed by atoms with Gasteiger partial charge in [0.2, 0.25) is 0 Å². The van der Waals surface area contributed by atoms with Gasteiger partial charge in [-0.3, -0.25) is 9.59 Å². The molecule has 0 aliphatic heterocycles. The van der Waals surface area contributed by atoms with Gasteiger partial charge in [0.25, 0.3) is 0 Å². The summed E-state index contributed by atoms with van der Waals surface area (Å²) in [6, 6.07) is 0. The summed E-state index contributed by atoms with van der Waals surface area (Å²) in [6.45, 7) is 8.99. The Balaban J connectivity index is 2.51. The van der Waals surface area contributed by atoms with Crippen LogP contribution in [0.5, 0.6) is 0 Å². The molecule has 0 aromatic heterocycles. The number of ether oxygens (including phenoxy) is 2. The second-order valence-electron chi connectivity index (χ2n) is 6.96. The highest BCUT2D eigenvalue weighted by Gasteiger charge is 2.31. The molecule has 4 nitrogen and oxygen atoms in total. The van der Waals surface area contributed by atoms with Gasteiger partial charge in [0.15, 0.2) is 0 Å². The van der Waals surface area contributed by atoms with Gasteiger partial charge in [-0.25, -0.2) is 0 Å². The van der Waals surface area contributed by atoms with E-state index in [4.69, 9.17) is 9.47 Å². The van der Waals surface area contributed by atoms with E-state index in [9.17, 15) is 9.59 Å². The fraction of sp³-hybridized carbons (Fsp3) is 0.882. The first kappa shape index (κ1) is 18.0. The van der Waals surface area contributed by atoms with Crippen molar-refractivity contribution in [2.24, 2.45) is 23.7 Å². The molecule has 0 amide bonds. The lowest BCUT2D eigenvalue weighted by atomic mass is 9.93. The molecule has 0 radical (unpaired) electrons. The highest BCUT2D eigenvalue weighted by atomic mass is 16.5. The summed E-state index contributed by atoms with van der Waals surface area (Å²) in [5.74, 6) is 0.0864. The predicted octanol–water partition coefficient (Wildman–Crippen LogP) is 3.58. The maximum Gasteiger partial charge on any atom is 0.308 e. The van der Waals surface area contributed by atoms with E-state index < -0.39 is 0 Å². The Labute approximate surface area is 128 Å². The zero-order valence-electron chi connectivity index (χ0n) is 13.9. The molecule has 2 unspecified atom stereocenters. The predicted molar refractivity (Wildman–Crippen MR) is 81.7 cm³/mol. The first-order valence-electron chi connectivity index (χ1n) is 8.23. The highest BCUT2D eigenvalue weighted by molar-refractivity contribution is 5.76. The van der Waals surface area contributed by atoms with Crippen molar-refractivity contribution in [3.8, 4) is 0 Å². The van der Waals surface area contributed by atoms with Gasteiger partial charge in [-0.1, -0.05) is 40.5 Å². The van der Waals surface area contributed by atoms with Crippen LogP contribution in [0.15, 0.2) is 0 Å². The van der Waals surface area contributed by atoms with E-state index >= 15 is 0 Å². The highest BCUT2D eigenvalue weighted by Crippen LogP contribution is 2.29. The molecule has 0 saturated heterocycles. The smallest absolute Gasteiger partial charge is 0.308 e. The lowest BCUT2D eigenvalue weighted by molar-refractivity contribution is -0.153. The zero-order valence-corrected chi connectivity index (χ0v) is 13.9. The zero-order chi connectivity index (χ0) is 15.8. The van der Waals surface area contributed by atoms with E-state index in [0.717, 1.165) is 25.7 Å². The number of hydrogen-bond acceptors (Lipinski definition) is 4. The van der Waals surface area contributed by atoms with Crippen molar-refractivity contribution < 1.29 is 19.1 Å². The van der Waals surface area contributed by atoms with E-state index in [1.807, 2.05) is 27.7 Å². The third-order valence-corrected chi connectivity index (χ3v) is 3.71. The fourth-order valence-corrected chi connectivity index (χ4v) is 2.52. The average Bonchev–Trinajstić information content (AvgIpc) is 2.68. The van der Waals surface area contributed by atoms with E-state index in [-0.39, 0.29) is 23.8 Å². The second-order valence-corrected chi connectivity index (χ2v) is 6.96. The Bertz CT molecular complexity index is 304. The molecular weight excluding hydrogens is 268 g/mol. The van der Waals surface area contributed by atoms with Crippen molar-refractivity contribution in [3.05, 3.63) is 0 Å². The first-order valence-corrected chi connectivity index (χ1v) is 8.23. The van der Waals surface area contributed by atoms with Crippen LogP contribution in [-0.4, -0.2) is 25.2 Å². The average molecular weight is 298 g/mol. The largest absolute Gasteiger partial charge is 0.465 e. The number of rotatable bonds is 6. The number of esters is 2. The summed E-state index contributed by atoms with van der Waals surface area (Å²) < 4.78 is 10.7. The van der Waals surface area contributed by atoms with Gasteiger partial charge in [0.1, 0.15) is 0 Å². The summed E-state index contributed by atoms with van der Waals surface area (Å²) in [7, 11) is 0. The van der Waals surface area contributed by atoms with Gasteiger partial charge in [-0.15, -0.1) is 0 Å². The van der Waals surface area contributed by atoms with Gasteiger partial charge in [-0.05, 0) is 31.1 Å². The molecule has 1 fully saturated rings. The molecule has 0 heterocycles. The Morgan fingerprint density at radius 1 is 0.857 bits per heavy atom. The van der Waals surface area contributed by atoms with Crippen molar-refractivity contribution in [1.29, 1.82) is 0 Å². The molecule has 4 heteroatoms. The molecule has 1 aliphatic rings. The van der Waals surface area contributed by atoms with Crippen LogP contribution in [0.2, 0.25) is 0 Å². The third kappa shape index (κ3) is 6.96. The van der Waals surface area contributed by atoms with Gasteiger partial charge in [0, 0.05) is 0 Å². The first-order chi connectivity index (χ1) is 9.90. The van der Waals surface area contributed by atoms with Crippen LogP contribution in [-0.2, 0) is 19.1 Å². The van der Waals surface area contributed by atoms with Crippen LogP contribution in [0.3, 0.4) is 0 Å². The van der Waals surface area contributed by atoms with E-state index in [0.29, 0.717) is 31.5 Å². The number of hydrogen-bond donors (Lipinski definition) is 0. The molecule has 0 aromatic rings. The molecule has 21 heavy (non-hydrogen) atoms. The molecule has 1 rings (SSSR count). The summed E-state index contributed by atoms with van der Waals surface area (Å²) in [4.78, 5) is 24.2. The molecule has 0 bridgehead atoms. The second kappa shape index (κ2) is 9.06. The van der Waals surface area contributed by atoms with Gasteiger partial charge >= 0.3 is 11.9 Å². The van der Waals surface area contributed by atoms with Crippen LogP contribution in [0.25, 0.3) is 0 Å². The van der Waals surface area contributed by atoms with Crippen molar-refractivity contribution in [3.63, 3.8) is 0 Å². The van der Waals surface area contributed by atoms with Gasteiger partial charge < -0.3 is 9.47 Å². The quantitative estimate of drug-likeness (QED) is 0.555. The Morgan fingerprint density at radius 3 is 1.57 bits per heavy atom. The maximum atomic E-state index is 12.1. The minimum atomic E-state index is -0.150. The van der Waals surface area contributed by atoms with E-state index in [1.165, 1.54) is 0 Å². The Kier molecular flexibility index (Phi) is 7.76. The minimum absolute atomic E-state index is 0.146. The normalized spacial score (nSPS) is 23.0. The summed E-state index contributed by atoms with van der Waals surface area (Å²) in [6.07, 6.45) is 4.19. The lowest BCUT2D eigenvalue weighted by Crippen LogP contribution is -2.26. The van der Waals surface area contributed by atoms with Crippen molar-refractivity contribution in [2.75, 3.05) is 13.2 Å². The Morgan fingerprint density at radius 2 is 1.24 bits per heavy atom. The van der Waals surface area contributed by atoms with Crippen LogP contribution in [0.1, 0.15) is 59.8 Å². The SMILES string of the molecule is CC(C)COC(=O)C1CCCCC(C(=O)OCC(C)C)C1. The molecule has 0 spiro atoms. The fourth-order valence-electron chi connectivity index (χ4n) is 2.52. The van der Waals surface area contributed by atoms with Crippen LogP contribution >= 0.6 is 0 Å². The van der Waals surface area contributed by atoms with E-state index in [1.54, 1.807) is 0 Å². The maximum absolute atomic E-state index is 12.1. The van der Waals surface area contributed by atoms with E-state index in [2.05, 4.69) is 0 Å². The number of carbonyl (C=O) groups is 2. The van der Waals surface area contributed by atoms with Gasteiger partial charge in [0.05, 0.1) is 25.0 Å². The standard InChI is InChI=1S/C17H30O4/c1-12(2)10-20-16(18)14-7-5-6-8-15(9-14)17(19)21-11-13(3)4/h12-15H,5-11H2,1-4H3. The lowest BCUT2D eigenvalue weighted by Gasteiger charge is -2.19. The molecule has 1 aliphatic carbocycles. The molecule has 122 valence electrons. The van der Waals surface area contributed by atoms with Crippen molar-refractivity contribution in [2.45, 2.75) is 59.8 Å². The van der Waals surface area contributed by atoms with Crippen LogP contribution < -0.4 is 0 Å². The summed E-state index contributed by atoms with van der Waals surface area (Å²) in [5, 5.41) is 0. The molecular formula is C17H30O4.